The van der Waals surface area contributed by atoms with Crippen molar-refractivity contribution >= 4 is 23.9 Å². The van der Waals surface area contributed by atoms with Crippen LogP contribution in [0.15, 0.2) is 54.6 Å². The van der Waals surface area contributed by atoms with E-state index in [1.807, 2.05) is 35.6 Å². The molecule has 0 spiro atoms. The maximum Gasteiger partial charge on any atom is 0.339 e. The Balaban J connectivity index is 1.82. The molecule has 8 nitrogen and oxygen atoms in total. The molecule has 2 N–H and O–H groups in total. The zero-order valence-corrected chi connectivity index (χ0v) is 14.6. The van der Waals surface area contributed by atoms with E-state index in [0.717, 1.165) is 5.56 Å². The van der Waals surface area contributed by atoms with Gasteiger partial charge in [0.25, 0.3) is 5.91 Å². The van der Waals surface area contributed by atoms with Gasteiger partial charge >= 0.3 is 18.0 Å². The van der Waals surface area contributed by atoms with Gasteiger partial charge in [0, 0.05) is 6.54 Å². The van der Waals surface area contributed by atoms with E-state index in [2.05, 4.69) is 10.1 Å². The van der Waals surface area contributed by atoms with E-state index in [4.69, 9.17) is 4.74 Å². The van der Waals surface area contributed by atoms with Crippen molar-refractivity contribution in [2.75, 3.05) is 13.7 Å². The number of amides is 3. The Hall–Kier alpha value is -3.68. The van der Waals surface area contributed by atoms with Gasteiger partial charge in [0.2, 0.25) is 0 Å². The molecule has 3 amide bonds. The molecule has 0 bridgehead atoms. The normalized spacial score (nSPS) is 9.81. The van der Waals surface area contributed by atoms with Crippen molar-refractivity contribution in [1.82, 2.24) is 10.6 Å². The number of hydrogen-bond acceptors (Lipinski definition) is 6. The summed E-state index contributed by atoms with van der Waals surface area (Å²) in [7, 11) is 1.19. The lowest BCUT2D eigenvalue weighted by molar-refractivity contribution is -0.123. The predicted molar refractivity (Wildman–Crippen MR) is 94.9 cm³/mol. The second-order valence-corrected chi connectivity index (χ2v) is 5.33. The summed E-state index contributed by atoms with van der Waals surface area (Å²) in [6.07, 6.45) is 0. The second kappa shape index (κ2) is 9.71. The van der Waals surface area contributed by atoms with Gasteiger partial charge < -0.3 is 14.8 Å². The van der Waals surface area contributed by atoms with Gasteiger partial charge in [-0.1, -0.05) is 42.5 Å². The maximum absolute atomic E-state index is 12.1. The zero-order valence-electron chi connectivity index (χ0n) is 14.6. The topological polar surface area (TPSA) is 111 Å². The average molecular weight is 370 g/mol. The summed E-state index contributed by atoms with van der Waals surface area (Å²) >= 11 is 0. The average Bonchev–Trinajstić information content (AvgIpc) is 2.70. The number of methoxy groups -OCH3 is 1. The molecule has 0 heterocycles. The third-order valence-electron chi connectivity index (χ3n) is 3.44. The smallest absolute Gasteiger partial charge is 0.339 e. The molecule has 2 aromatic carbocycles. The minimum atomic E-state index is -0.879. The monoisotopic (exact) mass is 370 g/mol. The number of rotatable bonds is 6. The number of benzene rings is 2. The first-order chi connectivity index (χ1) is 13.0. The molecule has 0 aliphatic carbocycles. The van der Waals surface area contributed by atoms with Gasteiger partial charge in [0.1, 0.15) is 0 Å². The number of imide groups is 1. The van der Waals surface area contributed by atoms with Crippen molar-refractivity contribution in [3.8, 4) is 0 Å². The van der Waals surface area contributed by atoms with Gasteiger partial charge in [0.05, 0.1) is 18.2 Å². The van der Waals surface area contributed by atoms with Crippen LogP contribution >= 0.6 is 0 Å². The molecule has 2 rings (SSSR count). The second-order valence-electron chi connectivity index (χ2n) is 5.33. The minimum absolute atomic E-state index is 0.0195. The molecule has 140 valence electrons. The molecular formula is C19H18N2O6. The summed E-state index contributed by atoms with van der Waals surface area (Å²) in [5, 5.41) is 4.56. The fourth-order valence-electron chi connectivity index (χ4n) is 2.14. The molecule has 8 heteroatoms. The first-order valence-electron chi connectivity index (χ1n) is 7.97. The molecule has 27 heavy (non-hydrogen) atoms. The summed E-state index contributed by atoms with van der Waals surface area (Å²) in [5.74, 6) is -2.38. The number of esters is 2. The largest absolute Gasteiger partial charge is 0.465 e. The molecule has 0 aromatic heterocycles. The van der Waals surface area contributed by atoms with Gasteiger partial charge in [-0.3, -0.25) is 10.1 Å². The van der Waals surface area contributed by atoms with Gasteiger partial charge in [-0.05, 0) is 17.7 Å². The summed E-state index contributed by atoms with van der Waals surface area (Å²) in [6.45, 7) is -0.431. The Morgan fingerprint density at radius 2 is 1.44 bits per heavy atom. The van der Waals surface area contributed by atoms with Crippen molar-refractivity contribution in [2.24, 2.45) is 0 Å². The molecule has 0 fully saturated rings. The third kappa shape index (κ3) is 5.96. The van der Waals surface area contributed by atoms with E-state index in [0.29, 0.717) is 0 Å². The standard InChI is InChI=1S/C19H18N2O6/c1-26-17(23)14-9-5-6-10-15(14)18(24)27-12-16(22)21-19(25)20-11-13-7-3-2-4-8-13/h2-10H,11-12H2,1H3,(H2,20,21,22,25). The Morgan fingerprint density at radius 3 is 2.07 bits per heavy atom. The van der Waals surface area contributed by atoms with Crippen LogP contribution in [0.1, 0.15) is 26.3 Å². The van der Waals surface area contributed by atoms with Crippen LogP contribution in [-0.2, 0) is 20.8 Å². The van der Waals surface area contributed by atoms with Crippen molar-refractivity contribution in [3.05, 3.63) is 71.3 Å². The van der Waals surface area contributed by atoms with Crippen LogP contribution < -0.4 is 10.6 Å². The van der Waals surface area contributed by atoms with Crippen LogP contribution in [0.5, 0.6) is 0 Å². The van der Waals surface area contributed by atoms with Crippen LogP contribution in [0.3, 0.4) is 0 Å². The fraction of sp³-hybridized carbons (Fsp3) is 0.158. The van der Waals surface area contributed by atoms with Gasteiger partial charge in [-0.2, -0.15) is 0 Å². The van der Waals surface area contributed by atoms with Gasteiger partial charge in [-0.25, -0.2) is 14.4 Å². The highest BCUT2D eigenvalue weighted by Crippen LogP contribution is 2.11. The van der Waals surface area contributed by atoms with Crippen LogP contribution in [0, 0.1) is 0 Å². The minimum Gasteiger partial charge on any atom is -0.465 e. The van der Waals surface area contributed by atoms with Crippen LogP contribution in [0.25, 0.3) is 0 Å². The lowest BCUT2D eigenvalue weighted by Crippen LogP contribution is -2.41. The first kappa shape index (κ1) is 19.6. The lowest BCUT2D eigenvalue weighted by Gasteiger charge is -2.09. The Morgan fingerprint density at radius 1 is 0.852 bits per heavy atom. The molecule has 2 aromatic rings. The van der Waals surface area contributed by atoms with Crippen LogP contribution in [0.4, 0.5) is 4.79 Å². The molecular weight excluding hydrogens is 352 g/mol. The summed E-state index contributed by atoms with van der Waals surface area (Å²) in [5.41, 5.74) is 0.850. The third-order valence-corrected chi connectivity index (χ3v) is 3.44. The maximum atomic E-state index is 12.1. The van der Waals surface area contributed by atoms with E-state index in [-0.39, 0.29) is 17.7 Å². The number of carbonyl (C=O) groups excluding carboxylic acids is 4. The number of ether oxygens (including phenoxy) is 2. The summed E-state index contributed by atoms with van der Waals surface area (Å²) in [6, 6.07) is 14.3. The Kier molecular flexibility index (Phi) is 7.07. The molecule has 0 aliphatic heterocycles. The SMILES string of the molecule is COC(=O)c1ccccc1C(=O)OCC(=O)NC(=O)NCc1ccccc1. The molecule has 0 aliphatic rings. The van der Waals surface area contributed by atoms with Gasteiger partial charge in [-0.15, -0.1) is 0 Å². The number of urea groups is 1. The lowest BCUT2D eigenvalue weighted by atomic mass is 10.1. The van der Waals surface area contributed by atoms with E-state index < -0.39 is 30.5 Å². The molecule has 0 saturated heterocycles. The highest BCUT2D eigenvalue weighted by molar-refractivity contribution is 6.04. The van der Waals surface area contributed by atoms with Crippen LogP contribution in [0.2, 0.25) is 0 Å². The Bertz CT molecular complexity index is 835. The molecule has 0 unspecified atom stereocenters. The molecule has 0 saturated carbocycles. The van der Waals surface area contributed by atoms with Gasteiger partial charge in [0.15, 0.2) is 6.61 Å². The summed E-state index contributed by atoms with van der Waals surface area (Å²) in [4.78, 5) is 47.1. The highest BCUT2D eigenvalue weighted by atomic mass is 16.5. The van der Waals surface area contributed by atoms with Crippen molar-refractivity contribution in [3.63, 3.8) is 0 Å². The number of carbonyl (C=O) groups is 4. The van der Waals surface area contributed by atoms with Crippen LogP contribution in [-0.4, -0.2) is 37.6 Å². The van der Waals surface area contributed by atoms with E-state index >= 15 is 0 Å². The number of nitrogens with one attached hydrogen (secondary N) is 2. The van der Waals surface area contributed by atoms with Crippen molar-refractivity contribution in [1.29, 1.82) is 0 Å². The van der Waals surface area contributed by atoms with E-state index in [1.54, 1.807) is 12.1 Å². The van der Waals surface area contributed by atoms with Crippen molar-refractivity contribution in [2.45, 2.75) is 6.54 Å². The van der Waals surface area contributed by atoms with E-state index in [1.165, 1.54) is 19.2 Å². The molecule has 0 atom stereocenters. The zero-order chi connectivity index (χ0) is 19.6. The first-order valence-corrected chi connectivity index (χ1v) is 7.97. The fourth-order valence-corrected chi connectivity index (χ4v) is 2.14. The predicted octanol–water partition coefficient (Wildman–Crippen LogP) is 1.66. The number of hydrogen-bond donors (Lipinski definition) is 2. The highest BCUT2D eigenvalue weighted by Gasteiger charge is 2.19. The molecule has 0 radical (unpaired) electrons. The van der Waals surface area contributed by atoms with E-state index in [9.17, 15) is 19.2 Å². The van der Waals surface area contributed by atoms with Crippen molar-refractivity contribution < 1.29 is 28.7 Å². The Labute approximate surface area is 155 Å². The summed E-state index contributed by atoms with van der Waals surface area (Å²) < 4.78 is 9.44. The quantitative estimate of drug-likeness (QED) is 0.748.